The predicted molar refractivity (Wildman–Crippen MR) is 49.8 cm³/mol. The van der Waals surface area contributed by atoms with E-state index in [1.807, 2.05) is 6.08 Å². The summed E-state index contributed by atoms with van der Waals surface area (Å²) in [6.07, 6.45) is 8.74. The van der Waals surface area contributed by atoms with Gasteiger partial charge in [-0.1, -0.05) is 24.8 Å². The molecule has 0 aliphatic carbocycles. The van der Waals surface area contributed by atoms with Crippen LogP contribution in [0.4, 0.5) is 0 Å². The van der Waals surface area contributed by atoms with Crippen molar-refractivity contribution in [3.63, 3.8) is 0 Å². The third kappa shape index (κ3) is 8.95. The van der Waals surface area contributed by atoms with E-state index in [0.717, 1.165) is 19.3 Å². The van der Waals surface area contributed by atoms with E-state index in [-0.39, 0.29) is 5.97 Å². The number of rotatable bonds is 6. The average Bonchev–Trinajstić information content (AvgIpc) is 2.02. The topological polar surface area (TPSA) is 26.3 Å². The number of hydrogen-bond donors (Lipinski definition) is 0. The van der Waals surface area contributed by atoms with E-state index >= 15 is 0 Å². The maximum Gasteiger partial charge on any atom is 0.302 e. The quantitative estimate of drug-likeness (QED) is 0.346. The molecule has 0 atom stereocenters. The highest BCUT2D eigenvalue weighted by atomic mass is 16.5. The van der Waals surface area contributed by atoms with Crippen molar-refractivity contribution in [1.29, 1.82) is 0 Å². The monoisotopic (exact) mass is 168 g/mol. The molecule has 0 bridgehead atoms. The van der Waals surface area contributed by atoms with Crippen molar-refractivity contribution in [3.8, 4) is 0 Å². The molecule has 0 fully saturated rings. The van der Waals surface area contributed by atoms with Gasteiger partial charge in [-0.05, 0) is 19.3 Å². The normalized spacial score (nSPS) is 10.1. The number of carbonyl (C=O) groups excluding carboxylic acids is 1. The van der Waals surface area contributed by atoms with Crippen LogP contribution in [-0.2, 0) is 9.53 Å². The van der Waals surface area contributed by atoms with Crippen molar-refractivity contribution in [2.75, 3.05) is 6.61 Å². The zero-order chi connectivity index (χ0) is 9.23. The van der Waals surface area contributed by atoms with E-state index in [4.69, 9.17) is 4.74 Å². The zero-order valence-electron chi connectivity index (χ0n) is 7.58. The van der Waals surface area contributed by atoms with Crippen LogP contribution in [0.2, 0.25) is 0 Å². The maximum atomic E-state index is 10.3. The molecule has 0 amide bonds. The van der Waals surface area contributed by atoms with Gasteiger partial charge in [-0.3, -0.25) is 4.79 Å². The highest BCUT2D eigenvalue weighted by Crippen LogP contribution is 1.97. The largest absolute Gasteiger partial charge is 0.466 e. The molecule has 0 saturated heterocycles. The van der Waals surface area contributed by atoms with Crippen LogP contribution < -0.4 is 0 Å². The summed E-state index contributed by atoms with van der Waals surface area (Å²) in [7, 11) is 0. The summed E-state index contributed by atoms with van der Waals surface area (Å²) in [5.41, 5.74) is 0. The molecule has 2 nitrogen and oxygen atoms in total. The lowest BCUT2D eigenvalue weighted by atomic mass is 10.2. The lowest BCUT2D eigenvalue weighted by Gasteiger charge is -1.98. The Morgan fingerprint density at radius 3 is 2.83 bits per heavy atom. The van der Waals surface area contributed by atoms with E-state index in [2.05, 4.69) is 12.7 Å². The van der Waals surface area contributed by atoms with E-state index in [1.54, 1.807) is 6.08 Å². The van der Waals surface area contributed by atoms with Crippen molar-refractivity contribution < 1.29 is 9.53 Å². The summed E-state index contributed by atoms with van der Waals surface area (Å²) in [6.45, 7) is 5.53. The van der Waals surface area contributed by atoms with Gasteiger partial charge in [0.15, 0.2) is 0 Å². The average molecular weight is 168 g/mol. The number of ether oxygens (including phenoxy) is 1. The molecule has 0 rings (SSSR count). The van der Waals surface area contributed by atoms with Crippen molar-refractivity contribution in [2.24, 2.45) is 0 Å². The number of hydrogen-bond acceptors (Lipinski definition) is 2. The number of carbonyl (C=O) groups is 1. The summed E-state index contributed by atoms with van der Waals surface area (Å²) in [4.78, 5) is 10.3. The van der Waals surface area contributed by atoms with Crippen LogP contribution in [0.5, 0.6) is 0 Å². The molecular weight excluding hydrogens is 152 g/mol. The minimum atomic E-state index is -0.198. The molecule has 0 aromatic rings. The first-order valence-corrected chi connectivity index (χ1v) is 4.18. The Morgan fingerprint density at radius 2 is 2.25 bits per heavy atom. The summed E-state index contributed by atoms with van der Waals surface area (Å²) in [5, 5.41) is 0. The highest BCUT2D eigenvalue weighted by molar-refractivity contribution is 5.65. The van der Waals surface area contributed by atoms with Crippen LogP contribution in [0, 0.1) is 0 Å². The molecule has 0 aliphatic rings. The summed E-state index contributed by atoms with van der Waals surface area (Å²) >= 11 is 0. The van der Waals surface area contributed by atoms with Crippen LogP contribution in [0.3, 0.4) is 0 Å². The van der Waals surface area contributed by atoms with Gasteiger partial charge < -0.3 is 4.74 Å². The van der Waals surface area contributed by atoms with Gasteiger partial charge in [0.25, 0.3) is 0 Å². The van der Waals surface area contributed by atoms with Gasteiger partial charge in [0.05, 0.1) is 6.61 Å². The molecule has 0 radical (unpaired) electrons. The Hall–Kier alpha value is -1.05. The van der Waals surface area contributed by atoms with Gasteiger partial charge in [-0.2, -0.15) is 0 Å². The highest BCUT2D eigenvalue weighted by Gasteiger charge is 1.90. The molecule has 0 heterocycles. The third-order valence-corrected chi connectivity index (χ3v) is 1.34. The fourth-order valence-electron chi connectivity index (χ4n) is 0.773. The Kier molecular flexibility index (Phi) is 7.35. The minimum absolute atomic E-state index is 0.198. The summed E-state index contributed by atoms with van der Waals surface area (Å²) in [5.74, 6) is -0.198. The van der Waals surface area contributed by atoms with Gasteiger partial charge in [0.1, 0.15) is 0 Å². The molecule has 0 saturated carbocycles. The molecule has 12 heavy (non-hydrogen) atoms. The van der Waals surface area contributed by atoms with Crippen LogP contribution in [0.25, 0.3) is 0 Å². The first kappa shape index (κ1) is 11.0. The molecule has 0 spiro atoms. The lowest BCUT2D eigenvalue weighted by molar-refractivity contribution is -0.141. The van der Waals surface area contributed by atoms with Crippen LogP contribution in [0.15, 0.2) is 24.8 Å². The van der Waals surface area contributed by atoms with Gasteiger partial charge >= 0.3 is 5.97 Å². The Morgan fingerprint density at radius 1 is 1.50 bits per heavy atom. The fourth-order valence-corrected chi connectivity index (χ4v) is 0.773. The van der Waals surface area contributed by atoms with Gasteiger partial charge in [-0.25, -0.2) is 0 Å². The van der Waals surface area contributed by atoms with E-state index in [0.29, 0.717) is 6.61 Å². The molecular formula is C10H16O2. The summed E-state index contributed by atoms with van der Waals surface area (Å²) < 4.78 is 4.77. The minimum Gasteiger partial charge on any atom is -0.466 e. The number of allylic oxidation sites excluding steroid dienone is 3. The van der Waals surface area contributed by atoms with Gasteiger partial charge in [0.2, 0.25) is 0 Å². The maximum absolute atomic E-state index is 10.3. The second-order valence-corrected chi connectivity index (χ2v) is 2.50. The fraction of sp³-hybridized carbons (Fsp3) is 0.500. The molecule has 0 aliphatic heterocycles. The lowest BCUT2D eigenvalue weighted by Crippen LogP contribution is -1.99. The SMILES string of the molecule is C=CC=CCCCCOC(C)=O. The third-order valence-electron chi connectivity index (χ3n) is 1.34. The standard InChI is InChI=1S/C10H16O2/c1-3-4-5-6-7-8-9-12-10(2)11/h3-5H,1,6-9H2,2H3. The molecule has 0 aromatic carbocycles. The van der Waals surface area contributed by atoms with Crippen LogP contribution in [0.1, 0.15) is 26.2 Å². The molecule has 0 N–H and O–H groups in total. The van der Waals surface area contributed by atoms with Crippen molar-refractivity contribution in [2.45, 2.75) is 26.2 Å². The van der Waals surface area contributed by atoms with Gasteiger partial charge in [0, 0.05) is 6.92 Å². The molecule has 68 valence electrons. The molecule has 0 unspecified atom stereocenters. The number of esters is 1. The Balaban J connectivity index is 3.05. The van der Waals surface area contributed by atoms with Crippen molar-refractivity contribution in [1.82, 2.24) is 0 Å². The van der Waals surface area contributed by atoms with E-state index in [1.165, 1.54) is 6.92 Å². The Bertz CT molecular complexity index is 159. The Labute approximate surface area is 73.9 Å². The second-order valence-electron chi connectivity index (χ2n) is 2.50. The zero-order valence-corrected chi connectivity index (χ0v) is 7.58. The first-order valence-electron chi connectivity index (χ1n) is 4.18. The van der Waals surface area contributed by atoms with Crippen LogP contribution >= 0.6 is 0 Å². The smallest absolute Gasteiger partial charge is 0.302 e. The van der Waals surface area contributed by atoms with E-state index in [9.17, 15) is 4.79 Å². The van der Waals surface area contributed by atoms with E-state index < -0.39 is 0 Å². The second kappa shape index (κ2) is 8.05. The van der Waals surface area contributed by atoms with Gasteiger partial charge in [-0.15, -0.1) is 0 Å². The predicted octanol–water partition coefficient (Wildman–Crippen LogP) is 2.46. The number of unbranched alkanes of at least 4 members (excludes halogenated alkanes) is 2. The summed E-state index contributed by atoms with van der Waals surface area (Å²) in [6, 6.07) is 0. The first-order chi connectivity index (χ1) is 5.77. The van der Waals surface area contributed by atoms with Crippen molar-refractivity contribution >= 4 is 5.97 Å². The van der Waals surface area contributed by atoms with Crippen LogP contribution in [-0.4, -0.2) is 12.6 Å². The molecule has 2 heteroatoms. The van der Waals surface area contributed by atoms with Crippen molar-refractivity contribution in [3.05, 3.63) is 24.8 Å². The molecule has 0 aromatic heterocycles.